The molecule has 4 nitrogen and oxygen atoms in total. The summed E-state index contributed by atoms with van der Waals surface area (Å²) in [6.45, 7) is 1.36. The van der Waals surface area contributed by atoms with E-state index in [9.17, 15) is 4.79 Å². The summed E-state index contributed by atoms with van der Waals surface area (Å²) in [6, 6.07) is 7.90. The van der Waals surface area contributed by atoms with Gasteiger partial charge in [0.1, 0.15) is 0 Å². The second kappa shape index (κ2) is 9.77. The van der Waals surface area contributed by atoms with E-state index >= 15 is 0 Å². The minimum absolute atomic E-state index is 0. The van der Waals surface area contributed by atoms with Crippen molar-refractivity contribution >= 4 is 24.0 Å². The van der Waals surface area contributed by atoms with Crippen molar-refractivity contribution in [2.45, 2.75) is 44.8 Å². The summed E-state index contributed by atoms with van der Waals surface area (Å²) < 4.78 is 5.87. The Hall–Kier alpha value is -1.10. The van der Waals surface area contributed by atoms with Crippen LogP contribution in [0.25, 0.3) is 0 Å². The van der Waals surface area contributed by atoms with Crippen LogP contribution in [0.2, 0.25) is 0 Å². The molecule has 1 aliphatic rings. The Bertz CT molecular complexity index is 417. The van der Waals surface area contributed by atoms with E-state index in [4.69, 9.17) is 4.74 Å². The molecule has 2 N–H and O–H groups in total. The lowest BCUT2D eigenvalue weighted by atomic mass is 10.2. The summed E-state index contributed by atoms with van der Waals surface area (Å²) in [6.07, 6.45) is 5.91. The molecule has 2 rings (SSSR count). The molecule has 1 aliphatic carbocycles. The van der Waals surface area contributed by atoms with E-state index in [1.807, 2.05) is 31.3 Å². The maximum atomic E-state index is 11.6. The van der Waals surface area contributed by atoms with Crippen LogP contribution >= 0.6 is 12.4 Å². The predicted octanol–water partition coefficient (Wildman–Crippen LogP) is 3.12. The number of amides is 1. The number of benzene rings is 1. The Kier molecular flexibility index (Phi) is 8.35. The summed E-state index contributed by atoms with van der Waals surface area (Å²) in [7, 11) is 1.84. The lowest BCUT2D eigenvalue weighted by molar-refractivity contribution is -0.116. The largest absolute Gasteiger partial charge is 0.374 e. The van der Waals surface area contributed by atoms with Crippen LogP contribution in [0.3, 0.4) is 0 Å². The molecular formula is C16H25ClN2O2. The van der Waals surface area contributed by atoms with Gasteiger partial charge in [-0.3, -0.25) is 4.79 Å². The zero-order chi connectivity index (χ0) is 14.2. The third kappa shape index (κ3) is 6.46. The highest BCUT2D eigenvalue weighted by Crippen LogP contribution is 2.22. The Labute approximate surface area is 133 Å². The van der Waals surface area contributed by atoms with Crippen molar-refractivity contribution in [2.75, 3.05) is 18.9 Å². The lowest BCUT2D eigenvalue weighted by Gasteiger charge is -2.11. The molecular weight excluding hydrogens is 288 g/mol. The fourth-order valence-electron chi connectivity index (χ4n) is 2.42. The van der Waals surface area contributed by atoms with Crippen LogP contribution in [-0.2, 0) is 16.1 Å². The van der Waals surface area contributed by atoms with Gasteiger partial charge in [0.05, 0.1) is 12.7 Å². The van der Waals surface area contributed by atoms with Gasteiger partial charge in [-0.05, 0) is 37.6 Å². The molecule has 0 radical (unpaired) electrons. The first-order valence-corrected chi connectivity index (χ1v) is 7.43. The van der Waals surface area contributed by atoms with Gasteiger partial charge < -0.3 is 15.4 Å². The highest BCUT2D eigenvalue weighted by atomic mass is 35.5. The van der Waals surface area contributed by atoms with Crippen molar-refractivity contribution in [3.05, 3.63) is 29.8 Å². The number of nitrogens with one attached hydrogen (secondary N) is 2. The van der Waals surface area contributed by atoms with E-state index in [-0.39, 0.29) is 18.3 Å². The van der Waals surface area contributed by atoms with Crippen LogP contribution in [-0.4, -0.2) is 25.6 Å². The Morgan fingerprint density at radius 2 is 1.90 bits per heavy atom. The summed E-state index contributed by atoms with van der Waals surface area (Å²) in [4.78, 5) is 11.6. The van der Waals surface area contributed by atoms with Crippen LogP contribution in [0.4, 0.5) is 5.69 Å². The molecule has 21 heavy (non-hydrogen) atoms. The Morgan fingerprint density at radius 1 is 1.24 bits per heavy atom. The van der Waals surface area contributed by atoms with Gasteiger partial charge >= 0.3 is 0 Å². The fourth-order valence-corrected chi connectivity index (χ4v) is 2.42. The lowest BCUT2D eigenvalue weighted by Crippen LogP contribution is -2.18. The molecule has 0 saturated heterocycles. The van der Waals surface area contributed by atoms with Crippen molar-refractivity contribution in [2.24, 2.45) is 0 Å². The molecule has 5 heteroatoms. The second-order valence-electron chi connectivity index (χ2n) is 5.32. The third-order valence-corrected chi connectivity index (χ3v) is 3.63. The molecule has 0 atom stereocenters. The number of carbonyl (C=O) groups excluding carboxylic acids is 1. The van der Waals surface area contributed by atoms with Gasteiger partial charge in [-0.2, -0.15) is 0 Å². The summed E-state index contributed by atoms with van der Waals surface area (Å²) >= 11 is 0. The molecule has 0 spiro atoms. The minimum Gasteiger partial charge on any atom is -0.374 e. The van der Waals surface area contributed by atoms with Crippen LogP contribution in [0.1, 0.15) is 37.7 Å². The van der Waals surface area contributed by atoms with Gasteiger partial charge in [-0.25, -0.2) is 0 Å². The SMILES string of the molecule is CNCCC(=O)Nc1ccc(COC2CCCC2)cc1.Cl. The van der Waals surface area contributed by atoms with Crippen molar-refractivity contribution in [1.29, 1.82) is 0 Å². The molecule has 0 bridgehead atoms. The minimum atomic E-state index is 0. The number of hydrogen-bond acceptors (Lipinski definition) is 3. The summed E-state index contributed by atoms with van der Waals surface area (Å²) in [5.41, 5.74) is 2.00. The molecule has 1 aromatic rings. The summed E-state index contributed by atoms with van der Waals surface area (Å²) in [5, 5.41) is 5.84. The smallest absolute Gasteiger partial charge is 0.225 e. The zero-order valence-corrected chi connectivity index (χ0v) is 13.4. The van der Waals surface area contributed by atoms with Crippen LogP contribution in [0.15, 0.2) is 24.3 Å². The molecule has 1 aromatic carbocycles. The van der Waals surface area contributed by atoms with E-state index in [0.29, 0.717) is 25.7 Å². The first-order chi connectivity index (χ1) is 9.78. The topological polar surface area (TPSA) is 50.4 Å². The fraction of sp³-hybridized carbons (Fsp3) is 0.562. The van der Waals surface area contributed by atoms with Gasteiger partial charge in [-0.15, -0.1) is 12.4 Å². The molecule has 0 aliphatic heterocycles. The monoisotopic (exact) mass is 312 g/mol. The number of carbonyl (C=O) groups is 1. The molecule has 0 heterocycles. The number of anilines is 1. The van der Waals surface area contributed by atoms with Gasteiger partial charge in [0.2, 0.25) is 5.91 Å². The number of hydrogen-bond donors (Lipinski definition) is 2. The van der Waals surface area contributed by atoms with E-state index < -0.39 is 0 Å². The normalized spacial score (nSPS) is 14.7. The van der Waals surface area contributed by atoms with E-state index in [0.717, 1.165) is 11.3 Å². The van der Waals surface area contributed by atoms with Crippen LogP contribution in [0.5, 0.6) is 0 Å². The third-order valence-electron chi connectivity index (χ3n) is 3.63. The number of rotatable bonds is 7. The van der Waals surface area contributed by atoms with Crippen molar-refractivity contribution < 1.29 is 9.53 Å². The second-order valence-corrected chi connectivity index (χ2v) is 5.32. The molecule has 1 amide bonds. The van der Waals surface area contributed by atoms with Crippen molar-refractivity contribution in [3.8, 4) is 0 Å². The highest BCUT2D eigenvalue weighted by molar-refractivity contribution is 5.90. The molecule has 1 fully saturated rings. The first-order valence-electron chi connectivity index (χ1n) is 7.43. The number of halogens is 1. The van der Waals surface area contributed by atoms with Crippen molar-refractivity contribution in [3.63, 3.8) is 0 Å². The van der Waals surface area contributed by atoms with Gasteiger partial charge in [0, 0.05) is 18.7 Å². The molecule has 118 valence electrons. The quantitative estimate of drug-likeness (QED) is 0.813. The highest BCUT2D eigenvalue weighted by Gasteiger charge is 2.15. The first kappa shape index (κ1) is 18.0. The maximum absolute atomic E-state index is 11.6. The maximum Gasteiger partial charge on any atom is 0.225 e. The van der Waals surface area contributed by atoms with Crippen LogP contribution in [0, 0.1) is 0 Å². The van der Waals surface area contributed by atoms with Gasteiger partial charge in [0.25, 0.3) is 0 Å². The summed E-state index contributed by atoms with van der Waals surface area (Å²) in [5.74, 6) is 0.0364. The average Bonchev–Trinajstić information content (AvgIpc) is 2.98. The standard InChI is InChI=1S/C16H24N2O2.ClH/c1-17-11-10-16(19)18-14-8-6-13(7-9-14)12-20-15-4-2-3-5-15;/h6-9,15,17H,2-5,10-12H2,1H3,(H,18,19);1H. The zero-order valence-electron chi connectivity index (χ0n) is 12.6. The average molecular weight is 313 g/mol. The van der Waals surface area contributed by atoms with E-state index in [2.05, 4.69) is 10.6 Å². The Morgan fingerprint density at radius 3 is 2.52 bits per heavy atom. The number of ether oxygens (including phenoxy) is 1. The Balaban J connectivity index is 0.00000220. The van der Waals surface area contributed by atoms with E-state index in [1.165, 1.54) is 25.7 Å². The van der Waals surface area contributed by atoms with E-state index in [1.54, 1.807) is 0 Å². The molecule has 0 unspecified atom stereocenters. The van der Waals surface area contributed by atoms with Crippen LogP contribution < -0.4 is 10.6 Å². The van der Waals surface area contributed by atoms with Gasteiger partial charge in [0.15, 0.2) is 0 Å². The predicted molar refractivity (Wildman–Crippen MR) is 87.9 cm³/mol. The van der Waals surface area contributed by atoms with Gasteiger partial charge in [-0.1, -0.05) is 25.0 Å². The molecule has 0 aromatic heterocycles. The van der Waals surface area contributed by atoms with Crippen molar-refractivity contribution in [1.82, 2.24) is 5.32 Å². The molecule has 1 saturated carbocycles.